The monoisotopic (exact) mass is 312 g/mol. The minimum atomic E-state index is -1.42. The van der Waals surface area contributed by atoms with Gasteiger partial charge in [0.25, 0.3) is 0 Å². The van der Waals surface area contributed by atoms with Gasteiger partial charge in [-0.3, -0.25) is 4.99 Å². The topological polar surface area (TPSA) is 47.6 Å². The lowest BCUT2D eigenvalue weighted by molar-refractivity contribution is -0.0930. The zero-order valence-electron chi connectivity index (χ0n) is 9.77. The van der Waals surface area contributed by atoms with E-state index >= 15 is 0 Å². The smallest absolute Gasteiger partial charge is 0.229 e. The van der Waals surface area contributed by atoms with Gasteiger partial charge >= 0.3 is 0 Å². The van der Waals surface area contributed by atoms with Crippen LogP contribution in [0.25, 0.3) is 0 Å². The number of nitrogens with zero attached hydrogens (tertiary/aromatic N) is 1. The summed E-state index contributed by atoms with van der Waals surface area (Å²) in [6, 6.07) is 7.59. The fraction of sp³-hybridized carbons (Fsp3) is 0.462. The minimum absolute atomic E-state index is 0.0731. The van der Waals surface area contributed by atoms with Gasteiger partial charge < -0.3 is 10.5 Å². The van der Waals surface area contributed by atoms with Crippen molar-refractivity contribution in [2.24, 2.45) is 16.6 Å². The van der Waals surface area contributed by atoms with E-state index in [1.165, 1.54) is 0 Å². The van der Waals surface area contributed by atoms with Crippen molar-refractivity contribution in [2.75, 3.05) is 6.61 Å². The van der Waals surface area contributed by atoms with Crippen LogP contribution < -0.4 is 5.73 Å². The van der Waals surface area contributed by atoms with Gasteiger partial charge in [-0.15, -0.1) is 0 Å². The number of amidine groups is 1. The first-order valence-corrected chi connectivity index (χ1v) is 6.78. The van der Waals surface area contributed by atoms with E-state index in [0.717, 1.165) is 22.9 Å². The molecule has 18 heavy (non-hydrogen) atoms. The molecule has 5 heteroatoms. The molecule has 0 bridgehead atoms. The summed E-state index contributed by atoms with van der Waals surface area (Å²) >= 11 is 3.41. The lowest BCUT2D eigenvalue weighted by Crippen LogP contribution is -2.46. The number of rotatable bonds is 2. The minimum Gasteiger partial charge on any atom is -0.385 e. The molecule has 0 aromatic heterocycles. The first-order valence-electron chi connectivity index (χ1n) is 5.99. The number of hydrogen-bond acceptors (Lipinski definition) is 3. The van der Waals surface area contributed by atoms with Crippen LogP contribution in [0.3, 0.4) is 0 Å². The van der Waals surface area contributed by atoms with Crippen molar-refractivity contribution in [1.82, 2.24) is 0 Å². The standard InChI is InChI=1S/C13H14BrFN2O/c14-10-3-1-2-9(6-10)13(8-4-5-8)12(15)18-7-11(16)17-13/h1-3,6,8,12H,4-5,7H2,(H2,16,17)/t12?,13-/m1/s1. The van der Waals surface area contributed by atoms with Crippen molar-refractivity contribution in [3.8, 4) is 0 Å². The molecule has 1 unspecified atom stereocenters. The first-order chi connectivity index (χ1) is 8.63. The molecule has 0 amide bonds. The molecule has 3 nitrogen and oxygen atoms in total. The Balaban J connectivity index is 2.14. The zero-order valence-corrected chi connectivity index (χ0v) is 11.4. The van der Waals surface area contributed by atoms with Crippen LogP contribution >= 0.6 is 15.9 Å². The number of ether oxygens (including phenoxy) is 1. The molecule has 96 valence electrons. The number of alkyl halides is 1. The van der Waals surface area contributed by atoms with Crippen molar-refractivity contribution < 1.29 is 9.13 Å². The van der Waals surface area contributed by atoms with E-state index in [0.29, 0.717) is 5.84 Å². The second-order valence-electron chi connectivity index (χ2n) is 4.84. The van der Waals surface area contributed by atoms with E-state index in [1.807, 2.05) is 24.3 Å². The fourth-order valence-electron chi connectivity index (χ4n) is 2.58. The Hall–Kier alpha value is -0.940. The van der Waals surface area contributed by atoms with Crippen LogP contribution in [-0.2, 0) is 10.3 Å². The Morgan fingerprint density at radius 3 is 2.89 bits per heavy atom. The molecule has 1 aromatic carbocycles. The van der Waals surface area contributed by atoms with Gasteiger partial charge in [-0.1, -0.05) is 28.1 Å². The maximum atomic E-state index is 14.4. The van der Waals surface area contributed by atoms with Gasteiger partial charge in [0, 0.05) is 4.47 Å². The Morgan fingerprint density at radius 2 is 2.22 bits per heavy atom. The maximum Gasteiger partial charge on any atom is 0.229 e. The molecule has 3 rings (SSSR count). The highest BCUT2D eigenvalue weighted by Gasteiger charge is 2.55. The summed E-state index contributed by atoms with van der Waals surface area (Å²) in [5.41, 5.74) is 5.64. The number of aliphatic imine (C=N–C) groups is 1. The molecule has 0 spiro atoms. The SMILES string of the molecule is NC1=N[C@@](c2cccc(Br)c2)(C2CC2)C(F)OC1. The van der Waals surface area contributed by atoms with Crippen molar-refractivity contribution in [1.29, 1.82) is 0 Å². The fourth-order valence-corrected chi connectivity index (χ4v) is 2.97. The number of halogens is 2. The summed E-state index contributed by atoms with van der Waals surface area (Å²) < 4.78 is 20.5. The normalized spacial score (nSPS) is 32.1. The van der Waals surface area contributed by atoms with Crippen LogP contribution in [0.5, 0.6) is 0 Å². The molecule has 0 saturated heterocycles. The summed E-state index contributed by atoms with van der Waals surface area (Å²) in [7, 11) is 0. The van der Waals surface area contributed by atoms with Gasteiger partial charge in [-0.05, 0) is 36.5 Å². The van der Waals surface area contributed by atoms with E-state index in [2.05, 4.69) is 20.9 Å². The Morgan fingerprint density at radius 1 is 1.44 bits per heavy atom. The summed E-state index contributed by atoms with van der Waals surface area (Å²) in [5.74, 6) is 0.552. The molecule has 1 aliphatic carbocycles. The van der Waals surface area contributed by atoms with Crippen molar-refractivity contribution in [3.63, 3.8) is 0 Å². The highest BCUT2D eigenvalue weighted by Crippen LogP contribution is 2.52. The van der Waals surface area contributed by atoms with Crippen molar-refractivity contribution >= 4 is 21.8 Å². The van der Waals surface area contributed by atoms with Crippen LogP contribution in [0.1, 0.15) is 18.4 Å². The highest BCUT2D eigenvalue weighted by atomic mass is 79.9. The van der Waals surface area contributed by atoms with Crippen molar-refractivity contribution in [3.05, 3.63) is 34.3 Å². The first kappa shape index (κ1) is 12.1. The second-order valence-corrected chi connectivity index (χ2v) is 5.76. The van der Waals surface area contributed by atoms with Gasteiger partial charge in [0.05, 0.1) is 0 Å². The molecule has 1 fully saturated rings. The molecule has 1 saturated carbocycles. The van der Waals surface area contributed by atoms with Crippen molar-refractivity contribution in [2.45, 2.75) is 24.7 Å². The lowest BCUT2D eigenvalue weighted by atomic mass is 9.84. The quantitative estimate of drug-likeness (QED) is 0.912. The molecule has 2 aliphatic rings. The lowest BCUT2D eigenvalue weighted by Gasteiger charge is -2.37. The number of hydrogen-bond donors (Lipinski definition) is 1. The van der Waals surface area contributed by atoms with Crippen LogP contribution in [0.2, 0.25) is 0 Å². The number of nitrogens with two attached hydrogens (primary N) is 1. The van der Waals surface area contributed by atoms with Crippen LogP contribution in [-0.4, -0.2) is 18.8 Å². The van der Waals surface area contributed by atoms with E-state index < -0.39 is 11.9 Å². The van der Waals surface area contributed by atoms with Crippen LogP contribution in [0.15, 0.2) is 33.7 Å². The molecule has 2 atom stereocenters. The molecule has 1 aliphatic heterocycles. The molecular weight excluding hydrogens is 299 g/mol. The molecular formula is C13H14BrFN2O. The predicted molar refractivity (Wildman–Crippen MR) is 71.0 cm³/mol. The molecule has 1 heterocycles. The van der Waals surface area contributed by atoms with Crippen LogP contribution in [0.4, 0.5) is 4.39 Å². The maximum absolute atomic E-state index is 14.4. The van der Waals surface area contributed by atoms with Gasteiger partial charge in [0.15, 0.2) is 0 Å². The Bertz CT molecular complexity index is 504. The van der Waals surface area contributed by atoms with E-state index in [4.69, 9.17) is 10.5 Å². The van der Waals surface area contributed by atoms with Gasteiger partial charge in [-0.25, -0.2) is 4.39 Å². The van der Waals surface area contributed by atoms with E-state index in [1.54, 1.807) is 0 Å². The zero-order chi connectivity index (χ0) is 12.8. The Labute approximate surface area is 113 Å². The van der Waals surface area contributed by atoms with Gasteiger partial charge in [0.2, 0.25) is 6.36 Å². The molecule has 2 N–H and O–H groups in total. The third-order valence-corrected chi connectivity index (χ3v) is 4.03. The highest BCUT2D eigenvalue weighted by molar-refractivity contribution is 9.10. The molecule has 1 aromatic rings. The third-order valence-electron chi connectivity index (χ3n) is 3.54. The van der Waals surface area contributed by atoms with E-state index in [9.17, 15) is 4.39 Å². The summed E-state index contributed by atoms with van der Waals surface area (Å²) in [5, 5.41) is 0. The molecule has 0 radical (unpaired) electrons. The summed E-state index contributed by atoms with van der Waals surface area (Å²) in [6.45, 7) is 0.0731. The summed E-state index contributed by atoms with van der Waals surface area (Å²) in [4.78, 5) is 4.44. The van der Waals surface area contributed by atoms with Gasteiger partial charge in [0.1, 0.15) is 18.0 Å². The third kappa shape index (κ3) is 1.86. The average molecular weight is 313 g/mol. The average Bonchev–Trinajstić information content (AvgIpc) is 3.17. The Kier molecular flexibility index (Phi) is 2.90. The van der Waals surface area contributed by atoms with Gasteiger partial charge in [-0.2, -0.15) is 0 Å². The van der Waals surface area contributed by atoms with Crippen LogP contribution in [0, 0.1) is 5.92 Å². The largest absolute Gasteiger partial charge is 0.385 e. The predicted octanol–water partition coefficient (Wildman–Crippen LogP) is 2.74. The van der Waals surface area contributed by atoms with E-state index in [-0.39, 0.29) is 12.5 Å². The second kappa shape index (κ2) is 4.31. The number of benzene rings is 1. The summed E-state index contributed by atoms with van der Waals surface area (Å²) in [6.07, 6.45) is 0.506.